The molecule has 1 amide bonds. The van der Waals surface area contributed by atoms with E-state index in [-0.39, 0.29) is 17.1 Å². The van der Waals surface area contributed by atoms with Gasteiger partial charge >= 0.3 is 5.97 Å². The Labute approximate surface area is 218 Å². The van der Waals surface area contributed by atoms with E-state index in [1.165, 1.54) is 12.1 Å². The first kappa shape index (κ1) is 28.1. The van der Waals surface area contributed by atoms with Crippen LogP contribution in [0.2, 0.25) is 0 Å². The topological polar surface area (TPSA) is 98.8 Å². The van der Waals surface area contributed by atoms with E-state index in [0.717, 1.165) is 11.1 Å². The number of carbonyl (C=O) groups is 2. The highest BCUT2D eigenvalue weighted by Crippen LogP contribution is 2.31. The number of amides is 1. The lowest BCUT2D eigenvalue weighted by Gasteiger charge is -2.33. The molecule has 0 fully saturated rings. The number of hydrogen-bond acceptors (Lipinski definition) is 6. The predicted octanol–water partition coefficient (Wildman–Crippen LogP) is 4.84. The van der Waals surface area contributed by atoms with Crippen LogP contribution in [0.15, 0.2) is 89.8 Å². The molecule has 3 aromatic carbocycles. The summed E-state index contributed by atoms with van der Waals surface area (Å²) < 4.78 is 37.1. The van der Waals surface area contributed by atoms with Crippen molar-refractivity contribution in [2.75, 3.05) is 6.61 Å². The van der Waals surface area contributed by atoms with Crippen LogP contribution in [0.25, 0.3) is 0 Å². The second-order valence-electron chi connectivity index (χ2n) is 10.0. The molecular weight excluding hydrogens is 490 g/mol. The fourth-order valence-electron chi connectivity index (χ4n) is 3.61. The largest absolute Gasteiger partial charge is 0.426 e. The number of benzene rings is 3. The summed E-state index contributed by atoms with van der Waals surface area (Å²) in [4.78, 5) is 27.4. The zero-order valence-electron chi connectivity index (χ0n) is 21.6. The van der Waals surface area contributed by atoms with Crippen molar-refractivity contribution >= 4 is 22.0 Å². The maximum Gasteiger partial charge on any atom is 0.329 e. The molecule has 0 saturated carbocycles. The fourth-order valence-corrected chi connectivity index (χ4v) is 4.57. The van der Waals surface area contributed by atoms with Gasteiger partial charge in [-0.25, -0.2) is 0 Å². The molecule has 0 heterocycles. The molecule has 0 saturated heterocycles. The molecule has 0 spiro atoms. The molecule has 0 aromatic heterocycles. The third kappa shape index (κ3) is 7.74. The van der Waals surface area contributed by atoms with E-state index in [0.29, 0.717) is 6.42 Å². The molecule has 196 valence electrons. The summed E-state index contributed by atoms with van der Waals surface area (Å²) in [6.07, 6.45) is 0.282. The Morgan fingerprint density at radius 1 is 0.838 bits per heavy atom. The summed E-state index contributed by atoms with van der Waals surface area (Å²) in [6, 6.07) is 23.8. The Hall–Kier alpha value is -3.49. The summed E-state index contributed by atoms with van der Waals surface area (Å²) >= 11 is 0. The molecule has 37 heavy (non-hydrogen) atoms. The minimum Gasteiger partial charge on any atom is -0.426 e. The van der Waals surface area contributed by atoms with Crippen LogP contribution >= 0.6 is 0 Å². The van der Waals surface area contributed by atoms with Gasteiger partial charge in [-0.2, -0.15) is 8.42 Å². The van der Waals surface area contributed by atoms with Crippen molar-refractivity contribution in [3.63, 3.8) is 0 Å². The molecule has 1 atom stereocenters. The van der Waals surface area contributed by atoms with E-state index >= 15 is 0 Å². The quantitative estimate of drug-likeness (QED) is 0.177. The van der Waals surface area contributed by atoms with E-state index in [9.17, 15) is 18.0 Å². The summed E-state index contributed by atoms with van der Waals surface area (Å²) in [5, 5.41) is 2.83. The van der Waals surface area contributed by atoms with Gasteiger partial charge in [-0.1, -0.05) is 66.2 Å². The summed E-state index contributed by atoms with van der Waals surface area (Å²) in [6.45, 7) is 6.45. The average Bonchev–Trinajstić information content (AvgIpc) is 2.84. The van der Waals surface area contributed by atoms with Crippen molar-refractivity contribution in [1.29, 1.82) is 0 Å². The van der Waals surface area contributed by atoms with E-state index in [1.807, 2.05) is 37.3 Å². The smallest absolute Gasteiger partial charge is 0.329 e. The van der Waals surface area contributed by atoms with Crippen LogP contribution in [0.5, 0.6) is 5.75 Å². The lowest BCUT2D eigenvalue weighted by Crippen LogP contribution is -2.56. The lowest BCUT2D eigenvalue weighted by molar-refractivity contribution is -0.157. The molecule has 0 aliphatic rings. The first-order valence-corrected chi connectivity index (χ1v) is 13.4. The van der Waals surface area contributed by atoms with Gasteiger partial charge in [0.1, 0.15) is 5.75 Å². The molecular formula is C29H33NO6S. The number of aryl methyl sites for hydroxylation is 2. The molecule has 0 bridgehead atoms. The maximum atomic E-state index is 13.7. The zero-order valence-corrected chi connectivity index (χ0v) is 22.4. The lowest BCUT2D eigenvalue weighted by atomic mass is 9.81. The van der Waals surface area contributed by atoms with Crippen LogP contribution in [0.4, 0.5) is 0 Å². The third-order valence-electron chi connectivity index (χ3n) is 5.72. The molecule has 0 aliphatic heterocycles. The van der Waals surface area contributed by atoms with Crippen molar-refractivity contribution in [3.8, 4) is 5.75 Å². The van der Waals surface area contributed by atoms with Crippen LogP contribution in [-0.4, -0.2) is 32.4 Å². The highest BCUT2D eigenvalue weighted by Gasteiger charge is 2.50. The second-order valence-corrected chi connectivity index (χ2v) is 11.6. The molecule has 0 radical (unpaired) electrons. The van der Waals surface area contributed by atoms with Crippen molar-refractivity contribution in [2.24, 2.45) is 5.41 Å². The number of carbonyl (C=O) groups excluding carboxylic acids is 2. The molecule has 7 nitrogen and oxygen atoms in total. The highest BCUT2D eigenvalue weighted by molar-refractivity contribution is 7.86. The van der Waals surface area contributed by atoms with Crippen LogP contribution < -0.4 is 10.1 Å². The monoisotopic (exact) mass is 523 g/mol. The van der Waals surface area contributed by atoms with Gasteiger partial charge in [0, 0.05) is 5.54 Å². The van der Waals surface area contributed by atoms with Crippen molar-refractivity contribution in [2.45, 2.75) is 51.0 Å². The van der Waals surface area contributed by atoms with Crippen LogP contribution in [0.1, 0.15) is 38.3 Å². The number of hydrogen-bond donors (Lipinski definition) is 1. The number of para-hydroxylation sites is 1. The van der Waals surface area contributed by atoms with Gasteiger partial charge in [0.2, 0.25) is 5.91 Å². The van der Waals surface area contributed by atoms with Crippen molar-refractivity contribution < 1.29 is 26.9 Å². The standard InChI is InChI=1S/C29H33NO6S/c1-22-15-17-25(18-16-22)37(33,34)35-21-29(26(31)30-28(2,3)4,20-19-23-11-7-5-8-12-23)27(32)36-24-13-9-6-10-14-24/h5-18H,19-21H2,1-4H3,(H,30,31). The van der Waals surface area contributed by atoms with E-state index in [1.54, 1.807) is 63.2 Å². The Morgan fingerprint density at radius 3 is 1.97 bits per heavy atom. The van der Waals surface area contributed by atoms with Gasteiger partial charge in [-0.3, -0.25) is 13.8 Å². The van der Waals surface area contributed by atoms with Crippen LogP contribution in [0, 0.1) is 12.3 Å². The second kappa shape index (κ2) is 11.7. The van der Waals surface area contributed by atoms with E-state index in [4.69, 9.17) is 8.92 Å². The van der Waals surface area contributed by atoms with E-state index in [2.05, 4.69) is 5.32 Å². The Balaban J connectivity index is 2.01. The summed E-state index contributed by atoms with van der Waals surface area (Å²) in [7, 11) is -4.26. The zero-order chi connectivity index (χ0) is 27.1. The Kier molecular flexibility index (Phi) is 8.89. The number of rotatable bonds is 10. The van der Waals surface area contributed by atoms with Gasteiger partial charge in [0.05, 0.1) is 11.5 Å². The Bertz CT molecular complexity index is 1300. The average molecular weight is 524 g/mol. The minimum absolute atomic E-state index is 0.0337. The molecule has 8 heteroatoms. The van der Waals surface area contributed by atoms with Gasteiger partial charge < -0.3 is 10.1 Å². The van der Waals surface area contributed by atoms with Gasteiger partial charge in [0.25, 0.3) is 10.1 Å². The van der Waals surface area contributed by atoms with Crippen molar-refractivity contribution in [1.82, 2.24) is 5.32 Å². The normalized spacial score (nSPS) is 13.4. The molecule has 1 unspecified atom stereocenters. The fraction of sp³-hybridized carbons (Fsp3) is 0.310. The highest BCUT2D eigenvalue weighted by atomic mass is 32.2. The number of ether oxygens (including phenoxy) is 1. The maximum absolute atomic E-state index is 13.7. The predicted molar refractivity (Wildman–Crippen MR) is 141 cm³/mol. The Morgan fingerprint density at radius 2 is 1.41 bits per heavy atom. The summed E-state index contributed by atoms with van der Waals surface area (Å²) in [5.74, 6) is -1.33. The number of nitrogens with one attached hydrogen (secondary N) is 1. The SMILES string of the molecule is Cc1ccc(S(=O)(=O)OCC(CCc2ccccc2)(C(=O)NC(C)(C)C)C(=O)Oc2ccccc2)cc1. The van der Waals surface area contributed by atoms with Crippen LogP contribution in [0.3, 0.4) is 0 Å². The van der Waals surface area contributed by atoms with Gasteiger partial charge in [-0.15, -0.1) is 0 Å². The van der Waals surface area contributed by atoms with E-state index < -0.39 is 39.6 Å². The molecule has 3 aromatic rings. The van der Waals surface area contributed by atoms with Gasteiger partial charge in [-0.05, 0) is 70.4 Å². The minimum atomic E-state index is -4.26. The van der Waals surface area contributed by atoms with Crippen LogP contribution in [-0.2, 0) is 30.3 Å². The number of esters is 1. The first-order chi connectivity index (χ1) is 17.4. The molecule has 1 N–H and O–H groups in total. The first-order valence-electron chi connectivity index (χ1n) is 12.0. The van der Waals surface area contributed by atoms with Gasteiger partial charge in [0.15, 0.2) is 5.41 Å². The molecule has 3 rings (SSSR count). The third-order valence-corrected chi connectivity index (χ3v) is 7.00. The van der Waals surface area contributed by atoms with Crippen molar-refractivity contribution in [3.05, 3.63) is 96.1 Å². The molecule has 0 aliphatic carbocycles. The summed E-state index contributed by atoms with van der Waals surface area (Å²) in [5.41, 5.74) is -0.884.